The number of nitriles is 1. The van der Waals surface area contributed by atoms with Gasteiger partial charge >= 0.3 is 0 Å². The number of hydrogen-bond donors (Lipinski definition) is 1. The van der Waals surface area contributed by atoms with Gasteiger partial charge in [-0.1, -0.05) is 0 Å². The van der Waals surface area contributed by atoms with Crippen LogP contribution in [0, 0.1) is 17.2 Å². The van der Waals surface area contributed by atoms with Crippen molar-refractivity contribution in [2.45, 2.75) is 51.4 Å². The standard InChI is InChI=1S/C14H23N3O2/c1-10-6-17(7-11(2)19-10)8-13(18)16-14(3,9-15)12-4-5-12/h10-12H,4-8H2,1-3H3,(H,16,18). The third-order valence-electron chi connectivity index (χ3n) is 3.89. The Labute approximate surface area is 114 Å². The zero-order valence-electron chi connectivity index (χ0n) is 12.0. The first-order valence-corrected chi connectivity index (χ1v) is 7.03. The van der Waals surface area contributed by atoms with Gasteiger partial charge in [-0.05, 0) is 39.5 Å². The van der Waals surface area contributed by atoms with E-state index in [1.54, 1.807) is 0 Å². The fraction of sp³-hybridized carbons (Fsp3) is 0.857. The zero-order valence-corrected chi connectivity index (χ0v) is 12.0. The van der Waals surface area contributed by atoms with Crippen LogP contribution in [-0.2, 0) is 9.53 Å². The SMILES string of the molecule is CC1CN(CC(=O)NC(C)(C#N)C2CC2)CC(C)O1. The molecular formula is C14H23N3O2. The quantitative estimate of drug-likeness (QED) is 0.820. The number of nitrogens with zero attached hydrogens (tertiary/aromatic N) is 2. The van der Waals surface area contributed by atoms with Crippen LogP contribution in [-0.4, -0.2) is 48.2 Å². The van der Waals surface area contributed by atoms with Crippen LogP contribution in [0.15, 0.2) is 0 Å². The number of amides is 1. The van der Waals surface area contributed by atoms with Crippen LogP contribution in [0.5, 0.6) is 0 Å². The Morgan fingerprint density at radius 3 is 2.47 bits per heavy atom. The minimum Gasteiger partial charge on any atom is -0.373 e. The van der Waals surface area contributed by atoms with Crippen LogP contribution in [0.2, 0.25) is 0 Å². The van der Waals surface area contributed by atoms with E-state index in [4.69, 9.17) is 4.74 Å². The van der Waals surface area contributed by atoms with Crippen LogP contribution < -0.4 is 5.32 Å². The Balaban J connectivity index is 1.85. The van der Waals surface area contributed by atoms with E-state index in [2.05, 4.69) is 16.3 Å². The first kappa shape index (κ1) is 14.3. The van der Waals surface area contributed by atoms with Gasteiger partial charge < -0.3 is 10.1 Å². The summed E-state index contributed by atoms with van der Waals surface area (Å²) in [4.78, 5) is 14.2. The second-order valence-electron chi connectivity index (χ2n) is 6.09. The molecule has 1 aliphatic carbocycles. The van der Waals surface area contributed by atoms with Crippen LogP contribution in [0.3, 0.4) is 0 Å². The molecule has 106 valence electrons. The Morgan fingerprint density at radius 2 is 2.00 bits per heavy atom. The van der Waals surface area contributed by atoms with Crippen molar-refractivity contribution in [1.29, 1.82) is 5.26 Å². The van der Waals surface area contributed by atoms with E-state index in [0.717, 1.165) is 25.9 Å². The summed E-state index contributed by atoms with van der Waals surface area (Å²) in [6.07, 6.45) is 2.39. The van der Waals surface area contributed by atoms with E-state index in [1.165, 1.54) is 0 Å². The molecule has 2 aliphatic rings. The third-order valence-corrected chi connectivity index (χ3v) is 3.89. The number of nitrogens with one attached hydrogen (secondary N) is 1. The molecule has 2 fully saturated rings. The van der Waals surface area contributed by atoms with Gasteiger partial charge in [0, 0.05) is 13.1 Å². The van der Waals surface area contributed by atoms with E-state index >= 15 is 0 Å². The number of carbonyl (C=O) groups is 1. The molecule has 1 amide bonds. The lowest BCUT2D eigenvalue weighted by Crippen LogP contribution is -2.53. The summed E-state index contributed by atoms with van der Waals surface area (Å²) in [5.74, 6) is 0.265. The van der Waals surface area contributed by atoms with Gasteiger partial charge in [0.1, 0.15) is 5.54 Å². The van der Waals surface area contributed by atoms with Crippen molar-refractivity contribution in [3.05, 3.63) is 0 Å². The second-order valence-corrected chi connectivity index (χ2v) is 6.09. The molecule has 0 bridgehead atoms. The number of hydrogen-bond acceptors (Lipinski definition) is 4. The average Bonchev–Trinajstić information content (AvgIpc) is 3.10. The lowest BCUT2D eigenvalue weighted by Gasteiger charge is -2.35. The Kier molecular flexibility index (Phi) is 4.12. The Bertz CT molecular complexity index is 379. The van der Waals surface area contributed by atoms with Gasteiger partial charge in [0.05, 0.1) is 24.8 Å². The highest BCUT2D eigenvalue weighted by Gasteiger charge is 2.43. The van der Waals surface area contributed by atoms with Gasteiger partial charge in [0.25, 0.3) is 0 Å². The van der Waals surface area contributed by atoms with Crippen molar-refractivity contribution in [3.8, 4) is 6.07 Å². The number of ether oxygens (including phenoxy) is 1. The van der Waals surface area contributed by atoms with E-state index in [-0.39, 0.29) is 18.1 Å². The van der Waals surface area contributed by atoms with Crippen molar-refractivity contribution in [2.75, 3.05) is 19.6 Å². The Hall–Kier alpha value is -1.12. The first-order valence-electron chi connectivity index (χ1n) is 7.03. The van der Waals surface area contributed by atoms with Gasteiger partial charge in [-0.15, -0.1) is 0 Å². The van der Waals surface area contributed by atoms with E-state index < -0.39 is 5.54 Å². The number of morpholine rings is 1. The minimum atomic E-state index is -0.694. The van der Waals surface area contributed by atoms with E-state index in [0.29, 0.717) is 12.5 Å². The molecule has 5 heteroatoms. The van der Waals surface area contributed by atoms with Gasteiger partial charge in [0.15, 0.2) is 0 Å². The predicted molar refractivity (Wildman–Crippen MR) is 71.3 cm³/mol. The molecule has 1 saturated carbocycles. The molecule has 0 radical (unpaired) electrons. The second kappa shape index (κ2) is 5.48. The van der Waals surface area contributed by atoms with Gasteiger partial charge in [0.2, 0.25) is 5.91 Å². The normalized spacial score (nSPS) is 31.3. The molecule has 1 heterocycles. The first-order chi connectivity index (χ1) is 8.93. The molecule has 1 aliphatic heterocycles. The monoisotopic (exact) mass is 265 g/mol. The smallest absolute Gasteiger partial charge is 0.235 e. The predicted octanol–water partition coefficient (Wildman–Crippen LogP) is 0.904. The molecule has 0 aromatic carbocycles. The van der Waals surface area contributed by atoms with Crippen molar-refractivity contribution >= 4 is 5.91 Å². The molecule has 19 heavy (non-hydrogen) atoms. The maximum atomic E-state index is 12.1. The van der Waals surface area contributed by atoms with Gasteiger partial charge in [-0.25, -0.2) is 0 Å². The molecule has 5 nitrogen and oxygen atoms in total. The average molecular weight is 265 g/mol. The summed E-state index contributed by atoms with van der Waals surface area (Å²) >= 11 is 0. The van der Waals surface area contributed by atoms with E-state index in [9.17, 15) is 10.1 Å². The molecule has 0 aromatic heterocycles. The Morgan fingerprint density at radius 1 is 1.42 bits per heavy atom. The molecule has 0 spiro atoms. The molecule has 2 rings (SSSR count). The van der Waals surface area contributed by atoms with Crippen LogP contribution >= 0.6 is 0 Å². The lowest BCUT2D eigenvalue weighted by atomic mass is 9.98. The molecule has 3 unspecified atom stereocenters. The van der Waals surface area contributed by atoms with Crippen molar-refractivity contribution in [2.24, 2.45) is 5.92 Å². The number of carbonyl (C=O) groups excluding carboxylic acids is 1. The summed E-state index contributed by atoms with van der Waals surface area (Å²) in [5, 5.41) is 12.1. The van der Waals surface area contributed by atoms with Crippen molar-refractivity contribution in [3.63, 3.8) is 0 Å². The largest absolute Gasteiger partial charge is 0.373 e. The molecule has 1 N–H and O–H groups in total. The van der Waals surface area contributed by atoms with Gasteiger partial charge in [-0.3, -0.25) is 9.69 Å². The van der Waals surface area contributed by atoms with Crippen LogP contribution in [0.1, 0.15) is 33.6 Å². The maximum absolute atomic E-state index is 12.1. The fourth-order valence-corrected chi connectivity index (χ4v) is 2.83. The summed E-state index contributed by atoms with van der Waals surface area (Å²) in [6.45, 7) is 7.75. The maximum Gasteiger partial charge on any atom is 0.235 e. The third kappa shape index (κ3) is 3.68. The molecule has 0 aromatic rings. The molecular weight excluding hydrogens is 242 g/mol. The van der Waals surface area contributed by atoms with Crippen molar-refractivity contribution in [1.82, 2.24) is 10.2 Å². The van der Waals surface area contributed by atoms with Crippen LogP contribution in [0.4, 0.5) is 0 Å². The topological polar surface area (TPSA) is 65.4 Å². The highest BCUT2D eigenvalue weighted by Crippen LogP contribution is 2.39. The highest BCUT2D eigenvalue weighted by atomic mass is 16.5. The van der Waals surface area contributed by atoms with Crippen molar-refractivity contribution < 1.29 is 9.53 Å². The highest BCUT2D eigenvalue weighted by molar-refractivity contribution is 5.79. The zero-order chi connectivity index (χ0) is 14.0. The summed E-state index contributed by atoms with van der Waals surface area (Å²) < 4.78 is 5.64. The summed E-state index contributed by atoms with van der Waals surface area (Å²) in [5.41, 5.74) is -0.694. The fourth-order valence-electron chi connectivity index (χ4n) is 2.83. The number of rotatable bonds is 4. The summed E-state index contributed by atoms with van der Waals surface area (Å²) in [6, 6.07) is 2.25. The lowest BCUT2D eigenvalue weighted by molar-refractivity contribution is -0.127. The molecule has 3 atom stereocenters. The molecule has 1 saturated heterocycles. The van der Waals surface area contributed by atoms with E-state index in [1.807, 2.05) is 20.8 Å². The van der Waals surface area contributed by atoms with Crippen LogP contribution in [0.25, 0.3) is 0 Å². The minimum absolute atomic E-state index is 0.0581. The summed E-state index contributed by atoms with van der Waals surface area (Å²) in [7, 11) is 0. The van der Waals surface area contributed by atoms with Gasteiger partial charge in [-0.2, -0.15) is 5.26 Å².